The summed E-state index contributed by atoms with van der Waals surface area (Å²) in [7, 11) is 3.46. The normalized spacial score (nSPS) is 31.5. The van der Waals surface area contributed by atoms with Crippen LogP contribution >= 0.6 is 12.4 Å². The molecule has 0 saturated heterocycles. The summed E-state index contributed by atoms with van der Waals surface area (Å²) in [4.78, 5) is 1.68. The fraction of sp³-hybridized carbons (Fsp3) is 1.00. The first-order chi connectivity index (χ1) is 4.93. The van der Waals surface area contributed by atoms with Crippen LogP contribution in [0.5, 0.6) is 0 Å². The monoisotopic (exact) mass is 201 g/mol. The summed E-state index contributed by atoms with van der Waals surface area (Å²) in [5.74, 6) is -2.65. The maximum Gasteiger partial charge on any atom is 0.258 e. The molecule has 0 bridgehead atoms. The van der Waals surface area contributed by atoms with Crippen LogP contribution in [-0.2, 0) is 0 Å². The third-order valence-electron chi connectivity index (χ3n) is 2.13. The van der Waals surface area contributed by atoms with Crippen LogP contribution in [0.4, 0.5) is 8.78 Å². The van der Waals surface area contributed by atoms with Crippen LogP contribution in [0.3, 0.4) is 0 Å². The Morgan fingerprint density at radius 3 is 1.92 bits per heavy atom. The van der Waals surface area contributed by atoms with Gasteiger partial charge in [-0.15, -0.1) is 12.4 Å². The number of alkyl halides is 2. The van der Waals surface area contributed by atoms with Crippen molar-refractivity contribution in [2.24, 2.45) is 5.41 Å². The summed E-state index contributed by atoms with van der Waals surface area (Å²) in [6.45, 7) is -0.158. The van der Waals surface area contributed by atoms with Crippen molar-refractivity contribution in [2.45, 2.75) is 12.3 Å². The largest absolute Gasteiger partial charge is 0.396 e. The van der Waals surface area contributed by atoms with E-state index in [0.29, 0.717) is 0 Å². The van der Waals surface area contributed by atoms with E-state index in [1.165, 1.54) is 0 Å². The Labute approximate surface area is 77.0 Å². The van der Waals surface area contributed by atoms with Crippen molar-refractivity contribution in [2.75, 3.05) is 27.2 Å². The average molecular weight is 202 g/mol. The Morgan fingerprint density at radius 2 is 1.83 bits per heavy atom. The van der Waals surface area contributed by atoms with Gasteiger partial charge in [0.2, 0.25) is 0 Å². The Balaban J connectivity index is 0.00000121. The molecule has 74 valence electrons. The molecule has 1 rings (SSSR count). The zero-order valence-corrected chi connectivity index (χ0v) is 8.00. The molecule has 5 heteroatoms. The molecule has 0 aromatic heterocycles. The molecule has 0 unspecified atom stereocenters. The molecule has 0 amide bonds. The zero-order valence-electron chi connectivity index (χ0n) is 7.18. The van der Waals surface area contributed by atoms with Crippen LogP contribution in [0.15, 0.2) is 0 Å². The molecule has 0 heterocycles. The van der Waals surface area contributed by atoms with E-state index in [-0.39, 0.29) is 25.4 Å². The summed E-state index contributed by atoms with van der Waals surface area (Å²) in [5.41, 5.74) is -1.14. The highest BCUT2D eigenvalue weighted by Gasteiger charge is 2.70. The predicted molar refractivity (Wildman–Crippen MR) is 44.9 cm³/mol. The molecular weight excluding hydrogens is 188 g/mol. The van der Waals surface area contributed by atoms with Crippen molar-refractivity contribution in [1.29, 1.82) is 0 Å². The molecule has 1 fully saturated rings. The fourth-order valence-corrected chi connectivity index (χ4v) is 1.38. The van der Waals surface area contributed by atoms with Crippen LogP contribution < -0.4 is 0 Å². The van der Waals surface area contributed by atoms with Gasteiger partial charge >= 0.3 is 0 Å². The summed E-state index contributed by atoms with van der Waals surface area (Å²) < 4.78 is 25.3. The maximum atomic E-state index is 12.6. The SMILES string of the molecule is CN(C)C[C@@]1(CO)CC1(F)F.Cl. The van der Waals surface area contributed by atoms with Crippen LogP contribution in [0, 0.1) is 5.41 Å². The molecule has 1 atom stereocenters. The van der Waals surface area contributed by atoms with Gasteiger partial charge in [-0.3, -0.25) is 0 Å². The summed E-state index contributed by atoms with van der Waals surface area (Å²) in [5, 5.41) is 8.73. The highest BCUT2D eigenvalue weighted by molar-refractivity contribution is 5.85. The lowest BCUT2D eigenvalue weighted by atomic mass is 10.1. The molecule has 0 aliphatic heterocycles. The molecule has 1 N–H and O–H groups in total. The minimum atomic E-state index is -2.65. The molecule has 1 aliphatic rings. The summed E-state index contributed by atoms with van der Waals surface area (Å²) in [6, 6.07) is 0. The quantitative estimate of drug-likeness (QED) is 0.736. The van der Waals surface area contributed by atoms with Gasteiger partial charge in [-0.1, -0.05) is 0 Å². The lowest BCUT2D eigenvalue weighted by Crippen LogP contribution is -2.30. The van der Waals surface area contributed by atoms with E-state index < -0.39 is 17.9 Å². The van der Waals surface area contributed by atoms with Crippen LogP contribution in [0.25, 0.3) is 0 Å². The van der Waals surface area contributed by atoms with Crippen molar-refractivity contribution in [3.05, 3.63) is 0 Å². The van der Waals surface area contributed by atoms with Gasteiger partial charge in [0.25, 0.3) is 5.92 Å². The fourth-order valence-electron chi connectivity index (χ4n) is 1.38. The van der Waals surface area contributed by atoms with E-state index in [1.54, 1.807) is 19.0 Å². The Hall–Kier alpha value is 0.0700. The molecule has 0 aromatic rings. The highest BCUT2D eigenvalue weighted by Crippen LogP contribution is 2.60. The standard InChI is InChI=1S/C7H13F2NO.ClH/c1-10(2)4-6(5-11)3-7(6,8)9;/h11H,3-5H2,1-2H3;1H/t6-;/m1./s1. The van der Waals surface area contributed by atoms with Crippen LogP contribution in [-0.4, -0.2) is 43.2 Å². The molecule has 0 aromatic carbocycles. The van der Waals surface area contributed by atoms with Gasteiger partial charge in [-0.2, -0.15) is 0 Å². The van der Waals surface area contributed by atoms with E-state index in [0.717, 1.165) is 0 Å². The molecule has 1 saturated carbocycles. The number of hydrogen-bond donors (Lipinski definition) is 1. The lowest BCUT2D eigenvalue weighted by Gasteiger charge is -2.17. The number of aliphatic hydroxyl groups is 1. The molecule has 1 aliphatic carbocycles. The first-order valence-corrected chi connectivity index (χ1v) is 3.57. The van der Waals surface area contributed by atoms with Gasteiger partial charge in [0.1, 0.15) is 0 Å². The zero-order chi connectivity index (χ0) is 8.70. The average Bonchev–Trinajstić information content (AvgIpc) is 2.33. The van der Waals surface area contributed by atoms with Crippen molar-refractivity contribution in [3.8, 4) is 0 Å². The first-order valence-electron chi connectivity index (χ1n) is 3.57. The number of halogens is 3. The van der Waals surface area contributed by atoms with Gasteiger partial charge in [0.05, 0.1) is 12.0 Å². The Morgan fingerprint density at radius 1 is 1.42 bits per heavy atom. The first kappa shape index (κ1) is 12.1. The lowest BCUT2D eigenvalue weighted by molar-refractivity contribution is 0.0252. The van der Waals surface area contributed by atoms with Gasteiger partial charge in [-0.05, 0) is 14.1 Å². The minimum absolute atomic E-state index is 0. The number of rotatable bonds is 3. The maximum absolute atomic E-state index is 12.6. The smallest absolute Gasteiger partial charge is 0.258 e. The number of aliphatic hydroxyl groups excluding tert-OH is 1. The number of nitrogens with zero attached hydrogens (tertiary/aromatic N) is 1. The molecule has 12 heavy (non-hydrogen) atoms. The predicted octanol–water partition coefficient (Wildman–Crippen LogP) is 0.987. The van der Waals surface area contributed by atoms with Crippen molar-refractivity contribution in [1.82, 2.24) is 4.90 Å². The van der Waals surface area contributed by atoms with Crippen molar-refractivity contribution in [3.63, 3.8) is 0 Å². The second-order valence-electron chi connectivity index (χ2n) is 3.56. The van der Waals surface area contributed by atoms with Gasteiger partial charge in [-0.25, -0.2) is 8.78 Å². The topological polar surface area (TPSA) is 23.5 Å². The molecule has 0 spiro atoms. The summed E-state index contributed by atoms with van der Waals surface area (Å²) in [6.07, 6.45) is -0.172. The van der Waals surface area contributed by atoms with Crippen molar-refractivity contribution >= 4 is 12.4 Å². The number of hydrogen-bond acceptors (Lipinski definition) is 2. The van der Waals surface area contributed by atoms with Crippen LogP contribution in [0.1, 0.15) is 6.42 Å². The molecule has 0 radical (unpaired) electrons. The van der Waals surface area contributed by atoms with E-state index >= 15 is 0 Å². The van der Waals surface area contributed by atoms with Crippen molar-refractivity contribution < 1.29 is 13.9 Å². The van der Waals surface area contributed by atoms with E-state index in [2.05, 4.69) is 0 Å². The molecule has 2 nitrogen and oxygen atoms in total. The Bertz CT molecular complexity index is 165. The van der Waals surface area contributed by atoms with Gasteiger partial charge in [0.15, 0.2) is 0 Å². The van der Waals surface area contributed by atoms with E-state index in [1.807, 2.05) is 0 Å². The third-order valence-corrected chi connectivity index (χ3v) is 2.13. The van der Waals surface area contributed by atoms with Gasteiger partial charge < -0.3 is 10.0 Å². The van der Waals surface area contributed by atoms with Gasteiger partial charge in [0, 0.05) is 13.0 Å². The Kier molecular flexibility index (Phi) is 3.46. The second kappa shape index (κ2) is 3.44. The van der Waals surface area contributed by atoms with E-state index in [4.69, 9.17) is 5.11 Å². The molecular formula is C7H14ClF2NO. The third kappa shape index (κ3) is 1.87. The second-order valence-corrected chi connectivity index (χ2v) is 3.56. The highest BCUT2D eigenvalue weighted by atomic mass is 35.5. The van der Waals surface area contributed by atoms with E-state index in [9.17, 15) is 8.78 Å². The summed E-state index contributed by atoms with van der Waals surface area (Å²) >= 11 is 0. The van der Waals surface area contributed by atoms with Crippen LogP contribution in [0.2, 0.25) is 0 Å². The minimum Gasteiger partial charge on any atom is -0.396 e.